The van der Waals surface area contributed by atoms with Crippen LogP contribution in [0.25, 0.3) is 0 Å². The van der Waals surface area contributed by atoms with Crippen molar-refractivity contribution in [3.8, 4) is 0 Å². The quantitative estimate of drug-likeness (QED) is 0.810. The monoisotopic (exact) mass is 305 g/mol. The Morgan fingerprint density at radius 1 is 1.29 bits per heavy atom. The van der Waals surface area contributed by atoms with Gasteiger partial charge in [-0.3, -0.25) is 4.98 Å². The van der Waals surface area contributed by atoms with E-state index in [4.69, 9.17) is 5.11 Å². The lowest BCUT2D eigenvalue weighted by Crippen LogP contribution is -2.28. The summed E-state index contributed by atoms with van der Waals surface area (Å²) in [6.07, 6.45) is 2.62. The van der Waals surface area contributed by atoms with Gasteiger partial charge in [0.15, 0.2) is 0 Å². The maximum Gasteiger partial charge on any atom is 0.337 e. The molecule has 0 saturated carbocycles. The highest BCUT2D eigenvalue weighted by Crippen LogP contribution is 2.20. The number of anilines is 1. The Hall–Kier alpha value is -2.41. The molecule has 2 heterocycles. The number of aryl methyl sites for hydroxylation is 2. The number of carbonyl (C=O) groups excluding carboxylic acids is 1. The van der Waals surface area contributed by atoms with Crippen molar-refractivity contribution in [2.24, 2.45) is 0 Å². The zero-order valence-electron chi connectivity index (χ0n) is 11.6. The molecule has 110 valence electrons. The Balaban J connectivity index is 1.92. The zero-order chi connectivity index (χ0) is 15.4. The molecule has 21 heavy (non-hydrogen) atoms. The molecular formula is C14H15N3O3S. The van der Waals surface area contributed by atoms with Gasteiger partial charge in [0.1, 0.15) is 0 Å². The second kappa shape index (κ2) is 6.36. The molecule has 0 saturated heterocycles. The van der Waals surface area contributed by atoms with Gasteiger partial charge in [-0.15, -0.1) is 11.3 Å². The molecule has 0 spiro atoms. The van der Waals surface area contributed by atoms with Crippen LogP contribution >= 0.6 is 11.3 Å². The van der Waals surface area contributed by atoms with E-state index in [1.54, 1.807) is 11.3 Å². The molecule has 2 amide bonds. The molecule has 0 aliphatic heterocycles. The van der Waals surface area contributed by atoms with Crippen molar-refractivity contribution in [2.45, 2.75) is 20.4 Å². The van der Waals surface area contributed by atoms with E-state index < -0.39 is 12.0 Å². The molecule has 0 radical (unpaired) electrons. The van der Waals surface area contributed by atoms with Crippen molar-refractivity contribution in [2.75, 3.05) is 5.32 Å². The van der Waals surface area contributed by atoms with Gasteiger partial charge in [0.2, 0.25) is 0 Å². The molecule has 2 aromatic heterocycles. The summed E-state index contributed by atoms with van der Waals surface area (Å²) in [5, 5.41) is 14.1. The van der Waals surface area contributed by atoms with E-state index in [9.17, 15) is 9.59 Å². The lowest BCUT2D eigenvalue weighted by atomic mass is 10.2. The summed E-state index contributed by atoms with van der Waals surface area (Å²) in [7, 11) is 0. The van der Waals surface area contributed by atoms with Gasteiger partial charge in [-0.2, -0.15) is 0 Å². The first-order valence-electron chi connectivity index (χ1n) is 6.25. The fourth-order valence-electron chi connectivity index (χ4n) is 1.70. The van der Waals surface area contributed by atoms with Crippen LogP contribution in [0.5, 0.6) is 0 Å². The van der Waals surface area contributed by atoms with Crippen LogP contribution in [0.3, 0.4) is 0 Å². The van der Waals surface area contributed by atoms with Crippen molar-refractivity contribution < 1.29 is 14.7 Å². The van der Waals surface area contributed by atoms with Crippen LogP contribution in [0.1, 0.15) is 25.7 Å². The van der Waals surface area contributed by atoms with Crippen LogP contribution in [0, 0.1) is 13.8 Å². The first-order valence-corrected chi connectivity index (χ1v) is 7.06. The summed E-state index contributed by atoms with van der Waals surface area (Å²) in [5.74, 6) is -1.09. The number of thiophene rings is 1. The summed E-state index contributed by atoms with van der Waals surface area (Å²) in [5.41, 5.74) is 1.57. The zero-order valence-corrected chi connectivity index (χ0v) is 12.5. The van der Waals surface area contributed by atoms with Crippen molar-refractivity contribution in [1.29, 1.82) is 0 Å². The average Bonchev–Trinajstić information content (AvgIpc) is 2.76. The number of aromatic nitrogens is 1. The predicted molar refractivity (Wildman–Crippen MR) is 80.8 cm³/mol. The summed E-state index contributed by atoms with van der Waals surface area (Å²) in [6.45, 7) is 4.49. The number of carboxylic acids is 1. The van der Waals surface area contributed by atoms with Gasteiger partial charge < -0.3 is 15.7 Å². The third-order valence-electron chi connectivity index (χ3n) is 2.88. The SMILES string of the molecule is Cc1cc(CNC(=O)Nc2cncc(C(=O)O)c2)sc1C. The Morgan fingerprint density at radius 3 is 2.67 bits per heavy atom. The second-order valence-electron chi connectivity index (χ2n) is 4.53. The van der Waals surface area contributed by atoms with E-state index in [0.29, 0.717) is 12.2 Å². The Bertz CT molecular complexity index is 662. The predicted octanol–water partition coefficient (Wildman–Crippen LogP) is 2.78. The number of urea groups is 1. The number of carboxylic acid groups (broad SMARTS) is 1. The van der Waals surface area contributed by atoms with Crippen LogP contribution in [-0.2, 0) is 6.54 Å². The van der Waals surface area contributed by atoms with Crippen LogP contribution in [-0.4, -0.2) is 22.1 Å². The molecule has 0 atom stereocenters. The highest BCUT2D eigenvalue weighted by molar-refractivity contribution is 7.12. The molecule has 0 unspecified atom stereocenters. The van der Waals surface area contributed by atoms with E-state index in [2.05, 4.69) is 15.6 Å². The number of aromatic carboxylic acids is 1. The van der Waals surface area contributed by atoms with E-state index in [0.717, 1.165) is 4.88 Å². The molecule has 0 aliphatic carbocycles. The molecule has 3 N–H and O–H groups in total. The maximum absolute atomic E-state index is 11.8. The number of hydrogen-bond acceptors (Lipinski definition) is 4. The summed E-state index contributed by atoms with van der Waals surface area (Å²) in [4.78, 5) is 28.6. The molecule has 7 heteroatoms. The summed E-state index contributed by atoms with van der Waals surface area (Å²) in [6, 6.07) is 2.99. The third-order valence-corrected chi connectivity index (χ3v) is 4.04. The first kappa shape index (κ1) is 15.0. The molecule has 2 rings (SSSR count). The normalized spacial score (nSPS) is 10.2. The highest BCUT2D eigenvalue weighted by Gasteiger charge is 2.08. The van der Waals surface area contributed by atoms with Crippen molar-refractivity contribution >= 4 is 29.0 Å². The number of nitrogens with one attached hydrogen (secondary N) is 2. The van der Waals surface area contributed by atoms with Gasteiger partial charge in [0, 0.05) is 16.0 Å². The fraction of sp³-hybridized carbons (Fsp3) is 0.214. The molecule has 0 fully saturated rings. The second-order valence-corrected chi connectivity index (χ2v) is 5.87. The van der Waals surface area contributed by atoms with Gasteiger partial charge in [0.25, 0.3) is 0 Å². The van der Waals surface area contributed by atoms with E-state index in [1.807, 2.05) is 19.9 Å². The summed E-state index contributed by atoms with van der Waals surface area (Å²) < 4.78 is 0. The minimum atomic E-state index is -1.09. The van der Waals surface area contributed by atoms with Gasteiger partial charge in [-0.05, 0) is 31.5 Å². The van der Waals surface area contributed by atoms with Gasteiger partial charge in [-0.25, -0.2) is 9.59 Å². The van der Waals surface area contributed by atoms with Crippen molar-refractivity contribution in [3.63, 3.8) is 0 Å². The third kappa shape index (κ3) is 4.03. The largest absolute Gasteiger partial charge is 0.478 e. The highest BCUT2D eigenvalue weighted by atomic mass is 32.1. The van der Waals surface area contributed by atoms with Gasteiger partial charge in [-0.1, -0.05) is 0 Å². The Morgan fingerprint density at radius 2 is 2.05 bits per heavy atom. The minimum Gasteiger partial charge on any atom is -0.478 e. The standard InChI is InChI=1S/C14H15N3O3S/c1-8-3-12(21-9(8)2)7-16-14(20)17-11-4-10(13(18)19)5-15-6-11/h3-6H,7H2,1-2H3,(H,18,19)(H2,16,17,20). The lowest BCUT2D eigenvalue weighted by molar-refractivity contribution is 0.0696. The number of amides is 2. The number of hydrogen-bond donors (Lipinski definition) is 3. The number of nitrogens with zero attached hydrogens (tertiary/aromatic N) is 1. The van der Waals surface area contributed by atoms with E-state index in [1.165, 1.54) is 28.9 Å². The average molecular weight is 305 g/mol. The van der Waals surface area contributed by atoms with E-state index in [-0.39, 0.29) is 5.56 Å². The molecule has 0 aromatic carbocycles. The van der Waals surface area contributed by atoms with Crippen LogP contribution < -0.4 is 10.6 Å². The van der Waals surface area contributed by atoms with Crippen LogP contribution in [0.2, 0.25) is 0 Å². The van der Waals surface area contributed by atoms with Crippen molar-refractivity contribution in [1.82, 2.24) is 10.3 Å². The fourth-order valence-corrected chi connectivity index (χ4v) is 2.70. The molecule has 6 nitrogen and oxygen atoms in total. The topological polar surface area (TPSA) is 91.3 Å². The molecule has 0 bridgehead atoms. The number of rotatable bonds is 4. The molecular weight excluding hydrogens is 290 g/mol. The lowest BCUT2D eigenvalue weighted by Gasteiger charge is -2.06. The Kier molecular flexibility index (Phi) is 4.54. The number of pyridine rings is 1. The molecule has 0 aliphatic rings. The van der Waals surface area contributed by atoms with Gasteiger partial charge in [0.05, 0.1) is 24.0 Å². The first-order chi connectivity index (χ1) is 9.95. The minimum absolute atomic E-state index is 0.0253. The smallest absolute Gasteiger partial charge is 0.337 e. The Labute approximate surface area is 125 Å². The van der Waals surface area contributed by atoms with Gasteiger partial charge >= 0.3 is 12.0 Å². The summed E-state index contributed by atoms with van der Waals surface area (Å²) >= 11 is 1.64. The van der Waals surface area contributed by atoms with Crippen molar-refractivity contribution in [3.05, 3.63) is 45.4 Å². The van der Waals surface area contributed by atoms with Crippen LogP contribution in [0.4, 0.5) is 10.5 Å². The number of carbonyl (C=O) groups is 2. The molecule has 2 aromatic rings. The maximum atomic E-state index is 11.8. The van der Waals surface area contributed by atoms with Crippen LogP contribution in [0.15, 0.2) is 24.5 Å². The van der Waals surface area contributed by atoms with E-state index >= 15 is 0 Å².